The lowest BCUT2D eigenvalue weighted by atomic mass is 9.93. The van der Waals surface area contributed by atoms with E-state index in [1.165, 1.54) is 43.8 Å². The van der Waals surface area contributed by atoms with Gasteiger partial charge in [-0.3, -0.25) is 0 Å². The highest BCUT2D eigenvalue weighted by molar-refractivity contribution is 6.22. The number of aromatic nitrogens is 3. The maximum atomic E-state index is 5.31. The second-order valence-corrected chi connectivity index (χ2v) is 15.6. The molecule has 0 saturated heterocycles. The van der Waals surface area contributed by atoms with Crippen LogP contribution in [0.5, 0.6) is 0 Å². The third kappa shape index (κ3) is 6.82. The van der Waals surface area contributed by atoms with Gasteiger partial charge in [0.15, 0.2) is 5.82 Å². The van der Waals surface area contributed by atoms with Gasteiger partial charge in [-0.05, 0) is 62.7 Å². The lowest BCUT2D eigenvalue weighted by Gasteiger charge is -2.14. The Bertz CT molecular complexity index is 3260. The fourth-order valence-electron chi connectivity index (χ4n) is 8.59. The molecule has 11 aromatic rings. The summed E-state index contributed by atoms with van der Waals surface area (Å²) in [5.41, 5.74) is 16.1. The number of nitrogens with zero attached hydrogens (tertiary/aromatic N) is 3. The van der Waals surface area contributed by atoms with E-state index < -0.39 is 0 Å². The molecule has 9 aromatic carbocycles. The van der Waals surface area contributed by atoms with E-state index in [1.807, 2.05) is 12.1 Å². The van der Waals surface area contributed by atoms with Gasteiger partial charge in [0.25, 0.3) is 0 Å². The van der Waals surface area contributed by atoms with Crippen molar-refractivity contribution in [2.24, 2.45) is 0 Å². The first-order chi connectivity index (χ1) is 30.1. The van der Waals surface area contributed by atoms with Gasteiger partial charge in [0.05, 0.1) is 22.6 Å². The molecule has 286 valence electrons. The molecule has 0 aliphatic carbocycles. The van der Waals surface area contributed by atoms with Crippen LogP contribution in [0.4, 0.5) is 0 Å². The molecule has 0 saturated carbocycles. The number of aryl methyl sites for hydroxylation is 1. The van der Waals surface area contributed by atoms with E-state index in [2.05, 4.69) is 213 Å². The van der Waals surface area contributed by atoms with Gasteiger partial charge in [-0.15, -0.1) is 0 Å². The van der Waals surface area contributed by atoms with Crippen molar-refractivity contribution in [1.29, 1.82) is 0 Å². The van der Waals surface area contributed by atoms with Gasteiger partial charge in [0, 0.05) is 38.4 Å². The Morgan fingerprint density at radius 2 is 0.738 bits per heavy atom. The molecule has 11 rings (SSSR count). The Balaban J connectivity index is 0.943. The Morgan fingerprint density at radius 1 is 0.295 bits per heavy atom. The number of pyridine rings is 1. The minimum Gasteiger partial charge on any atom is -0.247 e. The summed E-state index contributed by atoms with van der Waals surface area (Å²) >= 11 is 0. The van der Waals surface area contributed by atoms with Gasteiger partial charge >= 0.3 is 0 Å². The van der Waals surface area contributed by atoms with Crippen LogP contribution in [0, 0.1) is 6.92 Å². The van der Waals surface area contributed by atoms with Crippen LogP contribution < -0.4 is 0 Å². The van der Waals surface area contributed by atoms with Crippen LogP contribution in [0.15, 0.2) is 218 Å². The Hall–Kier alpha value is -8.01. The average Bonchev–Trinajstić information content (AvgIpc) is 3.34. The molecule has 0 radical (unpaired) electrons. The molecular weight excluding hydrogens is 739 g/mol. The monoisotopic (exact) mass is 777 g/mol. The van der Waals surface area contributed by atoms with E-state index in [4.69, 9.17) is 15.0 Å². The number of para-hydroxylation sites is 1. The number of fused-ring (bicyclic) bond motifs is 5. The largest absolute Gasteiger partial charge is 0.247 e. The Labute approximate surface area is 355 Å². The van der Waals surface area contributed by atoms with Crippen LogP contribution in [-0.4, -0.2) is 15.0 Å². The summed E-state index contributed by atoms with van der Waals surface area (Å²) in [4.78, 5) is 15.6. The fourth-order valence-corrected chi connectivity index (χ4v) is 8.59. The normalized spacial score (nSPS) is 11.4. The first kappa shape index (κ1) is 36.1. The zero-order valence-electron chi connectivity index (χ0n) is 33.6. The van der Waals surface area contributed by atoms with Crippen molar-refractivity contribution in [3.63, 3.8) is 0 Å². The number of benzene rings is 9. The third-order valence-corrected chi connectivity index (χ3v) is 11.9. The Morgan fingerprint density at radius 3 is 1.30 bits per heavy atom. The molecule has 3 nitrogen and oxygen atoms in total. The lowest BCUT2D eigenvalue weighted by Crippen LogP contribution is -1.96. The van der Waals surface area contributed by atoms with Crippen molar-refractivity contribution < 1.29 is 0 Å². The molecule has 0 amide bonds. The van der Waals surface area contributed by atoms with E-state index in [-0.39, 0.29) is 0 Å². The van der Waals surface area contributed by atoms with Gasteiger partial charge < -0.3 is 0 Å². The molecule has 0 spiro atoms. The number of hydrogen-bond acceptors (Lipinski definition) is 3. The zero-order valence-corrected chi connectivity index (χ0v) is 33.6. The van der Waals surface area contributed by atoms with E-state index in [9.17, 15) is 0 Å². The smallest absolute Gasteiger partial charge is 0.160 e. The van der Waals surface area contributed by atoms with E-state index >= 15 is 0 Å². The first-order valence-corrected chi connectivity index (χ1v) is 20.8. The summed E-state index contributed by atoms with van der Waals surface area (Å²) in [6.45, 7) is 2.15. The molecule has 0 N–H and O–H groups in total. The summed E-state index contributed by atoms with van der Waals surface area (Å²) in [6, 6.07) is 77.3. The fraction of sp³-hybridized carbons (Fsp3) is 0.0172. The Kier molecular flexibility index (Phi) is 9.05. The molecule has 0 aliphatic rings. The van der Waals surface area contributed by atoms with Crippen LogP contribution in [-0.2, 0) is 0 Å². The van der Waals surface area contributed by atoms with Gasteiger partial charge in [0.1, 0.15) is 0 Å². The van der Waals surface area contributed by atoms with E-state index in [0.29, 0.717) is 5.82 Å². The van der Waals surface area contributed by atoms with E-state index in [0.717, 1.165) is 66.9 Å². The minimum atomic E-state index is 0.692. The van der Waals surface area contributed by atoms with Crippen LogP contribution in [0.2, 0.25) is 0 Å². The molecule has 0 fully saturated rings. The van der Waals surface area contributed by atoms with Crippen molar-refractivity contribution in [2.75, 3.05) is 0 Å². The van der Waals surface area contributed by atoms with Crippen LogP contribution >= 0.6 is 0 Å². The van der Waals surface area contributed by atoms with Crippen molar-refractivity contribution in [3.8, 4) is 78.5 Å². The summed E-state index contributed by atoms with van der Waals surface area (Å²) < 4.78 is 0. The summed E-state index contributed by atoms with van der Waals surface area (Å²) in [5, 5.41) is 6.10. The standard InChI is InChI=1S/C58H39N3/c1-38-11-10-18-51-55-50-17-9-8-16-45(50)35-36-52(55)57(61-56(38)51)48-31-23-44(24-32-48)43-21-29-47(30-22-43)54-37-53(46-27-19-41(20-28-46)39-12-4-2-5-13-39)59-58(60-54)49-33-25-42(26-34-49)40-14-6-3-7-15-40/h2-37H,1H3. The van der Waals surface area contributed by atoms with Crippen LogP contribution in [0.3, 0.4) is 0 Å². The summed E-state index contributed by atoms with van der Waals surface area (Å²) in [7, 11) is 0. The molecule has 0 aliphatic heterocycles. The lowest BCUT2D eigenvalue weighted by molar-refractivity contribution is 1.18. The maximum absolute atomic E-state index is 5.31. The molecule has 2 heterocycles. The first-order valence-electron chi connectivity index (χ1n) is 20.8. The quantitative estimate of drug-likeness (QED) is 0.151. The highest BCUT2D eigenvalue weighted by Gasteiger charge is 2.16. The highest BCUT2D eigenvalue weighted by Crippen LogP contribution is 2.39. The molecule has 0 bridgehead atoms. The number of rotatable bonds is 7. The minimum absolute atomic E-state index is 0.692. The SMILES string of the molecule is Cc1cccc2c1nc(-c1ccc(-c3ccc(-c4cc(-c5ccc(-c6ccccc6)cc5)nc(-c5ccc(-c6ccccc6)cc5)n4)cc3)cc1)c1ccc3ccccc3c12. The van der Waals surface area contributed by atoms with Gasteiger partial charge in [0.2, 0.25) is 0 Å². The molecule has 2 aromatic heterocycles. The van der Waals surface area contributed by atoms with Crippen molar-refractivity contribution in [1.82, 2.24) is 15.0 Å². The third-order valence-electron chi connectivity index (χ3n) is 11.9. The summed E-state index contributed by atoms with van der Waals surface area (Å²) in [5.74, 6) is 0.692. The predicted octanol–water partition coefficient (Wildman–Crippen LogP) is 15.3. The van der Waals surface area contributed by atoms with Gasteiger partial charge in [-0.2, -0.15) is 0 Å². The molecular formula is C58H39N3. The number of hydrogen-bond donors (Lipinski definition) is 0. The highest BCUT2D eigenvalue weighted by atomic mass is 14.9. The summed E-state index contributed by atoms with van der Waals surface area (Å²) in [6.07, 6.45) is 0. The molecule has 3 heteroatoms. The van der Waals surface area contributed by atoms with Crippen LogP contribution in [0.1, 0.15) is 5.56 Å². The zero-order chi connectivity index (χ0) is 40.7. The predicted molar refractivity (Wildman–Crippen MR) is 255 cm³/mol. The molecule has 0 unspecified atom stereocenters. The molecule has 61 heavy (non-hydrogen) atoms. The topological polar surface area (TPSA) is 38.7 Å². The second-order valence-electron chi connectivity index (χ2n) is 15.6. The average molecular weight is 778 g/mol. The van der Waals surface area contributed by atoms with E-state index in [1.54, 1.807) is 0 Å². The van der Waals surface area contributed by atoms with Crippen molar-refractivity contribution in [3.05, 3.63) is 224 Å². The van der Waals surface area contributed by atoms with Crippen LogP contribution in [0.25, 0.3) is 111 Å². The van der Waals surface area contributed by atoms with Crippen molar-refractivity contribution >= 4 is 32.4 Å². The second kappa shape index (κ2) is 15.3. The van der Waals surface area contributed by atoms with Crippen molar-refractivity contribution in [2.45, 2.75) is 6.92 Å². The van der Waals surface area contributed by atoms with Gasteiger partial charge in [-0.1, -0.05) is 212 Å². The van der Waals surface area contributed by atoms with Gasteiger partial charge in [-0.25, -0.2) is 15.0 Å². The maximum Gasteiger partial charge on any atom is 0.160 e. The molecule has 0 atom stereocenters.